The molecule has 1 aromatic heterocycles. The highest BCUT2D eigenvalue weighted by molar-refractivity contribution is 9.10. The van der Waals surface area contributed by atoms with E-state index < -0.39 is 0 Å². The Morgan fingerprint density at radius 2 is 2.00 bits per heavy atom. The Kier molecular flexibility index (Phi) is 3.64. The smallest absolute Gasteiger partial charge is 0.141 e. The molecule has 3 N–H and O–H groups in total. The first-order chi connectivity index (χ1) is 7.81. The van der Waals surface area contributed by atoms with Gasteiger partial charge in [-0.3, -0.25) is 0 Å². The third-order valence-electron chi connectivity index (χ3n) is 2.31. The summed E-state index contributed by atoms with van der Waals surface area (Å²) in [5.41, 5.74) is 6.77. The monoisotopic (exact) mass is 280 g/mol. The summed E-state index contributed by atoms with van der Waals surface area (Å²) in [5, 5.41) is 3.32. The van der Waals surface area contributed by atoms with Gasteiger partial charge >= 0.3 is 0 Å². The van der Waals surface area contributed by atoms with Crippen LogP contribution in [0.15, 0.2) is 51.6 Å². The molecule has 1 atom stereocenters. The minimum atomic E-state index is -0.0215. The van der Waals surface area contributed by atoms with Crippen LogP contribution in [0.3, 0.4) is 0 Å². The van der Waals surface area contributed by atoms with Gasteiger partial charge in [-0.1, -0.05) is 18.2 Å². The molecule has 3 nitrogen and oxygen atoms in total. The van der Waals surface area contributed by atoms with Gasteiger partial charge in [-0.2, -0.15) is 0 Å². The second-order valence-electron chi connectivity index (χ2n) is 3.43. The molecular weight excluding hydrogens is 268 g/mol. The van der Waals surface area contributed by atoms with E-state index in [2.05, 4.69) is 21.2 Å². The molecule has 0 aliphatic rings. The highest BCUT2D eigenvalue weighted by Gasteiger charge is 2.15. The molecule has 16 heavy (non-hydrogen) atoms. The Labute approximate surface area is 103 Å². The molecule has 0 aliphatic carbocycles. The molecule has 0 saturated heterocycles. The van der Waals surface area contributed by atoms with Crippen LogP contribution in [0.25, 0.3) is 0 Å². The van der Waals surface area contributed by atoms with Gasteiger partial charge in [0.25, 0.3) is 0 Å². The zero-order chi connectivity index (χ0) is 11.4. The zero-order valence-corrected chi connectivity index (χ0v) is 10.3. The molecule has 4 heteroatoms. The van der Waals surface area contributed by atoms with Crippen LogP contribution in [0.4, 0.5) is 5.69 Å². The molecule has 2 aromatic rings. The maximum atomic E-state index is 5.74. The molecule has 2 rings (SSSR count). The van der Waals surface area contributed by atoms with E-state index in [1.54, 1.807) is 6.26 Å². The van der Waals surface area contributed by atoms with Crippen molar-refractivity contribution in [3.05, 3.63) is 52.9 Å². The van der Waals surface area contributed by atoms with E-state index in [4.69, 9.17) is 10.2 Å². The fourth-order valence-corrected chi connectivity index (χ4v) is 2.00. The number of hydrogen-bond donors (Lipinski definition) is 2. The van der Waals surface area contributed by atoms with Gasteiger partial charge in [0.05, 0.1) is 16.8 Å². The number of anilines is 1. The summed E-state index contributed by atoms with van der Waals surface area (Å²) in [6.45, 7) is 0.473. The van der Waals surface area contributed by atoms with E-state index in [1.165, 1.54) is 0 Å². The van der Waals surface area contributed by atoms with Crippen LogP contribution < -0.4 is 11.1 Å². The fourth-order valence-electron chi connectivity index (χ4n) is 1.52. The zero-order valence-electron chi connectivity index (χ0n) is 8.69. The molecule has 0 spiro atoms. The number of nitrogens with one attached hydrogen (secondary N) is 1. The predicted molar refractivity (Wildman–Crippen MR) is 68.3 cm³/mol. The van der Waals surface area contributed by atoms with E-state index in [0.717, 1.165) is 15.9 Å². The highest BCUT2D eigenvalue weighted by Crippen LogP contribution is 2.26. The van der Waals surface area contributed by atoms with Gasteiger partial charge in [-0.05, 0) is 34.1 Å². The van der Waals surface area contributed by atoms with Crippen molar-refractivity contribution in [1.82, 2.24) is 0 Å². The molecule has 84 valence electrons. The summed E-state index contributed by atoms with van der Waals surface area (Å²) in [5.74, 6) is 0.825. The Morgan fingerprint density at radius 3 is 2.56 bits per heavy atom. The van der Waals surface area contributed by atoms with Crippen molar-refractivity contribution in [3.8, 4) is 0 Å². The van der Waals surface area contributed by atoms with E-state index in [1.807, 2.05) is 36.4 Å². The average molecular weight is 281 g/mol. The fraction of sp³-hybridized carbons (Fsp3) is 0.167. The maximum Gasteiger partial charge on any atom is 0.141 e. The third-order valence-corrected chi connectivity index (χ3v) is 2.97. The quantitative estimate of drug-likeness (QED) is 0.905. The SMILES string of the molecule is NCC(Nc1ccccc1)c1occc1Br. The lowest BCUT2D eigenvalue weighted by Crippen LogP contribution is -2.20. The number of para-hydroxylation sites is 1. The third kappa shape index (κ3) is 2.46. The lowest BCUT2D eigenvalue weighted by atomic mass is 10.2. The molecule has 0 fully saturated rings. The van der Waals surface area contributed by atoms with Gasteiger partial charge in [-0.25, -0.2) is 0 Å². The van der Waals surface area contributed by atoms with E-state index in [-0.39, 0.29) is 6.04 Å². The molecule has 0 radical (unpaired) electrons. The van der Waals surface area contributed by atoms with Crippen molar-refractivity contribution < 1.29 is 4.42 Å². The Morgan fingerprint density at radius 1 is 1.25 bits per heavy atom. The number of furan rings is 1. The molecule has 0 amide bonds. The van der Waals surface area contributed by atoms with Gasteiger partial charge in [0, 0.05) is 12.2 Å². The summed E-state index contributed by atoms with van der Waals surface area (Å²) in [4.78, 5) is 0. The number of halogens is 1. The van der Waals surface area contributed by atoms with Crippen molar-refractivity contribution in [1.29, 1.82) is 0 Å². The minimum absolute atomic E-state index is 0.0215. The molecule has 0 aliphatic heterocycles. The van der Waals surface area contributed by atoms with E-state index in [9.17, 15) is 0 Å². The Balaban J connectivity index is 2.16. The maximum absolute atomic E-state index is 5.74. The highest BCUT2D eigenvalue weighted by atomic mass is 79.9. The number of nitrogens with two attached hydrogens (primary N) is 1. The minimum Gasteiger partial charge on any atom is -0.466 e. The first kappa shape index (κ1) is 11.2. The lowest BCUT2D eigenvalue weighted by molar-refractivity contribution is 0.479. The van der Waals surface area contributed by atoms with Gasteiger partial charge in [0.15, 0.2) is 0 Å². The normalized spacial score (nSPS) is 12.4. The van der Waals surface area contributed by atoms with Crippen LogP contribution >= 0.6 is 15.9 Å². The van der Waals surface area contributed by atoms with Crippen LogP contribution in [0, 0.1) is 0 Å². The molecular formula is C12H13BrN2O. The molecule has 1 unspecified atom stereocenters. The van der Waals surface area contributed by atoms with E-state index >= 15 is 0 Å². The van der Waals surface area contributed by atoms with Crippen LogP contribution in [0.5, 0.6) is 0 Å². The van der Waals surface area contributed by atoms with Crippen LogP contribution in [-0.2, 0) is 0 Å². The summed E-state index contributed by atoms with van der Waals surface area (Å²) < 4.78 is 6.34. The van der Waals surface area contributed by atoms with Gasteiger partial charge in [0.1, 0.15) is 5.76 Å². The van der Waals surface area contributed by atoms with Crippen LogP contribution in [-0.4, -0.2) is 6.54 Å². The van der Waals surface area contributed by atoms with Crippen molar-refractivity contribution in [2.75, 3.05) is 11.9 Å². The molecule has 1 aromatic carbocycles. The van der Waals surface area contributed by atoms with Crippen LogP contribution in [0.2, 0.25) is 0 Å². The topological polar surface area (TPSA) is 51.2 Å². The van der Waals surface area contributed by atoms with E-state index in [0.29, 0.717) is 6.54 Å². The van der Waals surface area contributed by atoms with Crippen molar-refractivity contribution >= 4 is 21.6 Å². The van der Waals surface area contributed by atoms with Gasteiger partial charge in [-0.15, -0.1) is 0 Å². The molecule has 1 heterocycles. The summed E-state index contributed by atoms with van der Waals surface area (Å²) in [7, 11) is 0. The Hall–Kier alpha value is -1.26. The first-order valence-corrected chi connectivity index (χ1v) is 5.85. The molecule has 0 saturated carbocycles. The van der Waals surface area contributed by atoms with Gasteiger partial charge in [0.2, 0.25) is 0 Å². The van der Waals surface area contributed by atoms with Crippen molar-refractivity contribution in [3.63, 3.8) is 0 Å². The van der Waals surface area contributed by atoms with Crippen molar-refractivity contribution in [2.45, 2.75) is 6.04 Å². The van der Waals surface area contributed by atoms with Crippen LogP contribution in [0.1, 0.15) is 11.8 Å². The second-order valence-corrected chi connectivity index (χ2v) is 4.29. The van der Waals surface area contributed by atoms with Gasteiger partial charge < -0.3 is 15.5 Å². The predicted octanol–water partition coefficient (Wildman–Crippen LogP) is 3.15. The summed E-state index contributed by atoms with van der Waals surface area (Å²) in [6, 6.07) is 11.8. The number of rotatable bonds is 4. The first-order valence-electron chi connectivity index (χ1n) is 5.06. The summed E-state index contributed by atoms with van der Waals surface area (Å²) in [6.07, 6.45) is 1.65. The second kappa shape index (κ2) is 5.18. The Bertz CT molecular complexity index is 441. The largest absolute Gasteiger partial charge is 0.466 e. The standard InChI is InChI=1S/C12H13BrN2O/c13-10-6-7-16-12(10)11(8-14)15-9-4-2-1-3-5-9/h1-7,11,15H,8,14H2. The summed E-state index contributed by atoms with van der Waals surface area (Å²) >= 11 is 3.43. The lowest BCUT2D eigenvalue weighted by Gasteiger charge is -2.16. The molecule has 0 bridgehead atoms. The number of benzene rings is 1. The van der Waals surface area contributed by atoms with Crippen molar-refractivity contribution in [2.24, 2.45) is 5.73 Å². The average Bonchev–Trinajstić information content (AvgIpc) is 2.74. The number of hydrogen-bond acceptors (Lipinski definition) is 3.